The molecule has 2 aromatic carbocycles. The molecule has 1 unspecified atom stereocenters. The molecule has 3 rings (SSSR count). The molecule has 0 aliphatic heterocycles. The minimum atomic E-state index is -0.0716. The van der Waals surface area contributed by atoms with Gasteiger partial charge in [-0.3, -0.25) is 4.79 Å². The average Bonchev–Trinajstić information content (AvgIpc) is 2.71. The summed E-state index contributed by atoms with van der Waals surface area (Å²) in [4.78, 5) is 12.4. The molecule has 1 aliphatic carbocycles. The van der Waals surface area contributed by atoms with Crippen molar-refractivity contribution in [3.63, 3.8) is 0 Å². The van der Waals surface area contributed by atoms with E-state index in [4.69, 9.17) is 0 Å². The van der Waals surface area contributed by atoms with Crippen LogP contribution in [0.3, 0.4) is 0 Å². The number of rotatable bonds is 2. The van der Waals surface area contributed by atoms with E-state index in [0.717, 1.165) is 10.8 Å². The fourth-order valence-corrected chi connectivity index (χ4v) is 2.36. The van der Waals surface area contributed by atoms with Gasteiger partial charge in [0.25, 0.3) is 5.91 Å². The molecule has 1 aliphatic rings. The first-order chi connectivity index (χ1) is 10.2. The number of hydrogen-bond donors (Lipinski definition) is 1. The predicted molar refractivity (Wildman–Crippen MR) is 87.2 cm³/mol. The van der Waals surface area contributed by atoms with Crippen LogP contribution in [-0.2, 0) is 0 Å². The van der Waals surface area contributed by atoms with E-state index in [1.165, 1.54) is 5.57 Å². The third-order valence-corrected chi connectivity index (χ3v) is 3.55. The van der Waals surface area contributed by atoms with Crippen molar-refractivity contribution in [2.24, 2.45) is 0 Å². The molecule has 21 heavy (non-hydrogen) atoms. The van der Waals surface area contributed by atoms with Crippen LogP contribution in [0.4, 0.5) is 0 Å². The molecule has 0 radical (unpaired) electrons. The average molecular weight is 275 g/mol. The molecule has 0 spiro atoms. The molecule has 0 saturated heterocycles. The van der Waals surface area contributed by atoms with Gasteiger partial charge in [-0.25, -0.2) is 0 Å². The third-order valence-electron chi connectivity index (χ3n) is 3.55. The van der Waals surface area contributed by atoms with Crippen LogP contribution < -0.4 is 5.32 Å². The lowest BCUT2D eigenvalue weighted by Gasteiger charge is -2.11. The van der Waals surface area contributed by atoms with Crippen molar-refractivity contribution in [3.8, 4) is 0 Å². The molecule has 0 aromatic heterocycles. The van der Waals surface area contributed by atoms with Gasteiger partial charge in [0, 0.05) is 5.56 Å². The summed E-state index contributed by atoms with van der Waals surface area (Å²) in [5, 5.41) is 5.23. The fraction of sp³-hybridized carbons (Fsp3) is 0.105. The minimum absolute atomic E-state index is 0.0559. The fourth-order valence-electron chi connectivity index (χ4n) is 2.36. The largest absolute Gasteiger partial charge is 0.342 e. The summed E-state index contributed by atoms with van der Waals surface area (Å²) in [6.45, 7) is 2.04. The number of allylic oxidation sites excluding steroid dienone is 4. The van der Waals surface area contributed by atoms with E-state index in [9.17, 15) is 4.79 Å². The van der Waals surface area contributed by atoms with Gasteiger partial charge in [-0.1, -0.05) is 66.3 Å². The summed E-state index contributed by atoms with van der Waals surface area (Å²) >= 11 is 0. The van der Waals surface area contributed by atoms with Crippen LogP contribution in [0.5, 0.6) is 0 Å². The molecule has 104 valence electrons. The second kappa shape index (κ2) is 5.80. The Hall–Kier alpha value is -2.61. The van der Waals surface area contributed by atoms with Gasteiger partial charge in [0.1, 0.15) is 0 Å². The molecule has 1 N–H and O–H groups in total. The Morgan fingerprint density at radius 3 is 2.71 bits per heavy atom. The van der Waals surface area contributed by atoms with Gasteiger partial charge in [-0.05, 0) is 29.8 Å². The van der Waals surface area contributed by atoms with Gasteiger partial charge in [0.05, 0.1) is 6.04 Å². The van der Waals surface area contributed by atoms with E-state index < -0.39 is 0 Å². The Morgan fingerprint density at radius 1 is 1.05 bits per heavy atom. The Kier molecular flexibility index (Phi) is 3.69. The number of nitrogens with one attached hydrogen (secondary N) is 1. The lowest BCUT2D eigenvalue weighted by Crippen LogP contribution is -2.31. The minimum Gasteiger partial charge on any atom is -0.342 e. The van der Waals surface area contributed by atoms with Crippen molar-refractivity contribution in [2.45, 2.75) is 13.0 Å². The molecule has 2 aromatic rings. The molecule has 1 atom stereocenters. The van der Waals surface area contributed by atoms with Crippen molar-refractivity contribution in [1.82, 2.24) is 5.32 Å². The van der Waals surface area contributed by atoms with E-state index >= 15 is 0 Å². The zero-order valence-electron chi connectivity index (χ0n) is 11.9. The maximum atomic E-state index is 12.4. The highest BCUT2D eigenvalue weighted by Gasteiger charge is 2.10. The SMILES string of the molecule is CC1=CC=CC(NC(=O)c2ccc3ccccc3c2)C=C1. The monoisotopic (exact) mass is 275 g/mol. The maximum Gasteiger partial charge on any atom is 0.252 e. The zero-order valence-corrected chi connectivity index (χ0v) is 11.9. The number of carbonyl (C=O) groups excluding carboxylic acids is 1. The van der Waals surface area contributed by atoms with Crippen molar-refractivity contribution in [1.29, 1.82) is 0 Å². The van der Waals surface area contributed by atoms with Crippen molar-refractivity contribution in [3.05, 3.63) is 84.0 Å². The standard InChI is InChI=1S/C19H17NO/c1-14-5-4-8-18(12-9-14)20-19(21)17-11-10-15-6-2-3-7-16(15)13-17/h2-13,18H,1H3,(H,20,21). The van der Waals surface area contributed by atoms with Crippen LogP contribution in [0, 0.1) is 0 Å². The molecule has 0 heterocycles. The molecule has 2 heteroatoms. The summed E-state index contributed by atoms with van der Waals surface area (Å²) < 4.78 is 0. The first-order valence-electron chi connectivity index (χ1n) is 7.05. The zero-order chi connectivity index (χ0) is 14.7. The Labute approximate surface area is 124 Å². The summed E-state index contributed by atoms with van der Waals surface area (Å²) in [5.41, 5.74) is 1.86. The number of fused-ring (bicyclic) bond motifs is 1. The van der Waals surface area contributed by atoms with Crippen LogP contribution >= 0.6 is 0 Å². The summed E-state index contributed by atoms with van der Waals surface area (Å²) in [5.74, 6) is -0.0559. The second-order valence-electron chi connectivity index (χ2n) is 5.22. The van der Waals surface area contributed by atoms with Crippen LogP contribution in [0.15, 0.2) is 78.4 Å². The number of amides is 1. The van der Waals surface area contributed by atoms with Crippen LogP contribution in [-0.4, -0.2) is 11.9 Å². The Morgan fingerprint density at radius 2 is 1.86 bits per heavy atom. The first-order valence-corrected chi connectivity index (χ1v) is 7.05. The lowest BCUT2D eigenvalue weighted by atomic mass is 10.1. The van der Waals surface area contributed by atoms with Crippen molar-refractivity contribution >= 4 is 16.7 Å². The lowest BCUT2D eigenvalue weighted by molar-refractivity contribution is 0.0950. The second-order valence-corrected chi connectivity index (χ2v) is 5.22. The summed E-state index contributed by atoms with van der Waals surface area (Å²) in [6, 6.07) is 13.7. The normalized spacial score (nSPS) is 17.4. The van der Waals surface area contributed by atoms with Gasteiger partial charge < -0.3 is 5.32 Å². The van der Waals surface area contributed by atoms with Gasteiger partial charge in [-0.15, -0.1) is 0 Å². The molecular weight excluding hydrogens is 258 g/mol. The van der Waals surface area contributed by atoms with Gasteiger partial charge in [-0.2, -0.15) is 0 Å². The van der Waals surface area contributed by atoms with E-state index in [2.05, 4.69) is 5.32 Å². The van der Waals surface area contributed by atoms with Crippen LogP contribution in [0.2, 0.25) is 0 Å². The number of benzene rings is 2. The van der Waals surface area contributed by atoms with E-state index in [1.54, 1.807) is 0 Å². The molecule has 0 bridgehead atoms. The Balaban J connectivity index is 1.79. The molecule has 2 nitrogen and oxygen atoms in total. The smallest absolute Gasteiger partial charge is 0.252 e. The van der Waals surface area contributed by atoms with Gasteiger partial charge in [0.15, 0.2) is 0 Å². The number of hydrogen-bond acceptors (Lipinski definition) is 1. The highest BCUT2D eigenvalue weighted by molar-refractivity contribution is 5.98. The van der Waals surface area contributed by atoms with Crippen LogP contribution in [0.1, 0.15) is 17.3 Å². The van der Waals surface area contributed by atoms with Crippen LogP contribution in [0.25, 0.3) is 10.8 Å². The highest BCUT2D eigenvalue weighted by Crippen LogP contribution is 2.16. The summed E-state index contributed by atoms with van der Waals surface area (Å²) in [7, 11) is 0. The number of carbonyl (C=O) groups is 1. The van der Waals surface area contributed by atoms with Gasteiger partial charge in [0.2, 0.25) is 0 Å². The van der Waals surface area contributed by atoms with Crippen molar-refractivity contribution in [2.75, 3.05) is 0 Å². The topological polar surface area (TPSA) is 29.1 Å². The molecule has 0 saturated carbocycles. The highest BCUT2D eigenvalue weighted by atomic mass is 16.1. The molecule has 0 fully saturated rings. The predicted octanol–water partition coefficient (Wildman–Crippen LogP) is 4.01. The van der Waals surface area contributed by atoms with E-state index in [1.807, 2.05) is 79.8 Å². The summed E-state index contributed by atoms with van der Waals surface area (Å²) in [6.07, 6.45) is 9.99. The quantitative estimate of drug-likeness (QED) is 0.881. The van der Waals surface area contributed by atoms with E-state index in [0.29, 0.717) is 5.56 Å². The van der Waals surface area contributed by atoms with E-state index in [-0.39, 0.29) is 11.9 Å². The van der Waals surface area contributed by atoms with Crippen molar-refractivity contribution < 1.29 is 4.79 Å². The first kappa shape index (κ1) is 13.4. The molecule has 1 amide bonds. The van der Waals surface area contributed by atoms with Gasteiger partial charge >= 0.3 is 0 Å². The maximum absolute atomic E-state index is 12.4. The molecular formula is C19H17NO. The third kappa shape index (κ3) is 3.11. The Bertz CT molecular complexity index is 768.